The van der Waals surface area contributed by atoms with Crippen molar-refractivity contribution in [1.82, 2.24) is 20.3 Å². The smallest absolute Gasteiger partial charge is 0.280 e. The number of anilines is 1. The van der Waals surface area contributed by atoms with Gasteiger partial charge < -0.3 is 19.7 Å². The quantitative estimate of drug-likeness (QED) is 0.635. The molecule has 1 fully saturated rings. The first-order chi connectivity index (χ1) is 13.7. The number of nitrogens with zero attached hydrogens (tertiary/aromatic N) is 4. The van der Waals surface area contributed by atoms with Crippen LogP contribution in [0.3, 0.4) is 0 Å². The van der Waals surface area contributed by atoms with Crippen molar-refractivity contribution in [2.24, 2.45) is 0 Å². The van der Waals surface area contributed by atoms with Crippen LogP contribution in [0, 0.1) is 6.92 Å². The summed E-state index contributed by atoms with van der Waals surface area (Å²) in [6, 6.07) is 9.52. The van der Waals surface area contributed by atoms with Crippen LogP contribution >= 0.6 is 11.3 Å². The van der Waals surface area contributed by atoms with Gasteiger partial charge in [0, 0.05) is 19.2 Å². The second-order valence-corrected chi connectivity index (χ2v) is 7.33. The number of hydrogen-bond acceptors (Lipinski definition) is 8. The minimum absolute atomic E-state index is 0.197. The van der Waals surface area contributed by atoms with Gasteiger partial charge in [-0.15, -0.1) is 11.3 Å². The van der Waals surface area contributed by atoms with E-state index in [1.807, 2.05) is 37.3 Å². The van der Waals surface area contributed by atoms with E-state index in [0.717, 1.165) is 29.1 Å². The number of aryl methyl sites for hydroxylation is 1. The van der Waals surface area contributed by atoms with Gasteiger partial charge in [0.05, 0.1) is 30.0 Å². The van der Waals surface area contributed by atoms with Gasteiger partial charge in [0.15, 0.2) is 5.01 Å². The molecule has 146 valence electrons. The predicted molar refractivity (Wildman–Crippen MR) is 107 cm³/mol. The lowest BCUT2D eigenvalue weighted by Gasteiger charge is -2.28. The highest BCUT2D eigenvalue weighted by atomic mass is 32.1. The molecule has 1 aliphatic rings. The Bertz CT molecular complexity index is 938. The maximum Gasteiger partial charge on any atom is 0.280 e. The van der Waals surface area contributed by atoms with E-state index in [9.17, 15) is 4.79 Å². The van der Waals surface area contributed by atoms with Gasteiger partial charge in [0.2, 0.25) is 5.88 Å². The molecule has 28 heavy (non-hydrogen) atoms. The average Bonchev–Trinajstić information content (AvgIpc) is 3.16. The maximum atomic E-state index is 12.3. The fraction of sp³-hybridized carbons (Fsp3) is 0.368. The number of amides is 1. The van der Waals surface area contributed by atoms with E-state index < -0.39 is 0 Å². The van der Waals surface area contributed by atoms with Crippen molar-refractivity contribution in [3.63, 3.8) is 0 Å². The molecule has 0 bridgehead atoms. The third kappa shape index (κ3) is 4.37. The first-order valence-corrected chi connectivity index (χ1v) is 9.95. The van der Waals surface area contributed by atoms with Crippen LogP contribution in [-0.2, 0) is 4.74 Å². The van der Waals surface area contributed by atoms with E-state index in [4.69, 9.17) is 9.47 Å². The largest absolute Gasteiger partial charge is 0.476 e. The first kappa shape index (κ1) is 18.6. The third-order valence-corrected chi connectivity index (χ3v) is 5.30. The van der Waals surface area contributed by atoms with Crippen molar-refractivity contribution in [2.45, 2.75) is 6.92 Å². The van der Waals surface area contributed by atoms with E-state index in [2.05, 4.69) is 25.2 Å². The van der Waals surface area contributed by atoms with Crippen LogP contribution in [0.2, 0.25) is 0 Å². The normalized spacial score (nSPS) is 14.2. The van der Waals surface area contributed by atoms with Gasteiger partial charge in [0.25, 0.3) is 5.91 Å². The summed E-state index contributed by atoms with van der Waals surface area (Å²) in [6.07, 6.45) is 0. The van der Waals surface area contributed by atoms with Crippen LogP contribution in [0.1, 0.15) is 15.6 Å². The Morgan fingerprint density at radius 1 is 1.25 bits per heavy atom. The molecule has 1 saturated heterocycles. The summed E-state index contributed by atoms with van der Waals surface area (Å²) >= 11 is 1.38. The van der Waals surface area contributed by atoms with E-state index in [1.54, 1.807) is 0 Å². The number of carbonyl (C=O) groups excluding carboxylic acids is 1. The molecule has 1 aromatic carbocycles. The SMILES string of the molecule is Cc1nc(OCCNC(=O)c2nc3ccccc3s2)cc(N2CCOCC2)n1. The van der Waals surface area contributed by atoms with Gasteiger partial charge in [-0.25, -0.2) is 9.97 Å². The van der Waals surface area contributed by atoms with E-state index in [0.29, 0.717) is 43.1 Å². The molecule has 9 heteroatoms. The number of carbonyl (C=O) groups is 1. The van der Waals surface area contributed by atoms with Gasteiger partial charge in [0.1, 0.15) is 18.2 Å². The van der Waals surface area contributed by atoms with Gasteiger partial charge in [-0.3, -0.25) is 4.79 Å². The lowest BCUT2D eigenvalue weighted by Crippen LogP contribution is -2.37. The molecule has 3 heterocycles. The topological polar surface area (TPSA) is 89.5 Å². The third-order valence-electron chi connectivity index (χ3n) is 4.26. The molecular formula is C19H21N5O3S. The minimum Gasteiger partial charge on any atom is -0.476 e. The number of nitrogens with one attached hydrogen (secondary N) is 1. The Morgan fingerprint density at radius 3 is 2.89 bits per heavy atom. The monoisotopic (exact) mass is 399 g/mol. The summed E-state index contributed by atoms with van der Waals surface area (Å²) in [5.74, 6) is 1.79. The lowest BCUT2D eigenvalue weighted by molar-refractivity contribution is 0.0946. The Kier molecular flexibility index (Phi) is 5.63. The predicted octanol–water partition coefficient (Wildman–Crippen LogP) is 2.04. The van der Waals surface area contributed by atoms with Crippen LogP contribution < -0.4 is 15.0 Å². The van der Waals surface area contributed by atoms with E-state index in [1.165, 1.54) is 11.3 Å². The van der Waals surface area contributed by atoms with E-state index in [-0.39, 0.29) is 5.91 Å². The summed E-state index contributed by atoms with van der Waals surface area (Å²) in [4.78, 5) is 27.6. The second kappa shape index (κ2) is 8.49. The van der Waals surface area contributed by atoms with E-state index >= 15 is 0 Å². The lowest BCUT2D eigenvalue weighted by atomic mass is 10.3. The Hall–Kier alpha value is -2.78. The summed E-state index contributed by atoms with van der Waals surface area (Å²) in [6.45, 7) is 5.50. The van der Waals surface area contributed by atoms with Crippen LogP contribution in [0.5, 0.6) is 5.88 Å². The molecule has 1 amide bonds. The zero-order valence-electron chi connectivity index (χ0n) is 15.6. The van der Waals surface area contributed by atoms with Gasteiger partial charge in [-0.1, -0.05) is 12.1 Å². The molecule has 4 rings (SSSR count). The number of fused-ring (bicyclic) bond motifs is 1. The standard InChI is InChI=1S/C19H21N5O3S/c1-13-21-16(24-7-10-26-11-8-24)12-17(22-13)27-9-6-20-18(25)19-23-14-4-2-3-5-15(14)28-19/h2-5,12H,6-11H2,1H3,(H,20,25). The summed E-state index contributed by atoms with van der Waals surface area (Å²) in [5.41, 5.74) is 0.834. The van der Waals surface area contributed by atoms with Crippen molar-refractivity contribution in [3.8, 4) is 5.88 Å². The maximum absolute atomic E-state index is 12.3. The molecule has 2 aromatic heterocycles. The van der Waals surface area contributed by atoms with Crippen LogP contribution in [0.4, 0.5) is 5.82 Å². The highest BCUT2D eigenvalue weighted by Gasteiger charge is 2.15. The molecular weight excluding hydrogens is 378 g/mol. The molecule has 0 aliphatic carbocycles. The van der Waals surface area contributed by atoms with Gasteiger partial charge >= 0.3 is 0 Å². The fourth-order valence-electron chi connectivity index (χ4n) is 2.92. The highest BCUT2D eigenvalue weighted by Crippen LogP contribution is 2.21. The molecule has 0 atom stereocenters. The van der Waals surface area contributed by atoms with Crippen LogP contribution in [-0.4, -0.2) is 60.3 Å². The number of para-hydroxylation sites is 1. The van der Waals surface area contributed by atoms with Crippen molar-refractivity contribution >= 4 is 33.3 Å². The van der Waals surface area contributed by atoms with Gasteiger partial charge in [-0.05, 0) is 19.1 Å². The molecule has 0 spiro atoms. The second-order valence-electron chi connectivity index (χ2n) is 6.30. The number of ether oxygens (including phenoxy) is 2. The molecule has 0 saturated carbocycles. The van der Waals surface area contributed by atoms with Crippen molar-refractivity contribution in [2.75, 3.05) is 44.4 Å². The van der Waals surface area contributed by atoms with Gasteiger partial charge in [-0.2, -0.15) is 4.98 Å². The number of thiazole rings is 1. The minimum atomic E-state index is -0.197. The molecule has 1 N–H and O–H groups in total. The fourth-order valence-corrected chi connectivity index (χ4v) is 3.80. The molecule has 0 radical (unpaired) electrons. The number of morpholine rings is 1. The Balaban J connectivity index is 1.31. The van der Waals surface area contributed by atoms with Crippen molar-refractivity contribution < 1.29 is 14.3 Å². The number of aromatic nitrogens is 3. The zero-order chi connectivity index (χ0) is 19.3. The number of rotatable bonds is 6. The molecule has 1 aliphatic heterocycles. The highest BCUT2D eigenvalue weighted by molar-refractivity contribution is 7.20. The Labute approximate surface area is 166 Å². The summed E-state index contributed by atoms with van der Waals surface area (Å²) < 4.78 is 12.1. The van der Waals surface area contributed by atoms with Crippen LogP contribution in [0.15, 0.2) is 30.3 Å². The molecule has 0 unspecified atom stereocenters. The van der Waals surface area contributed by atoms with Crippen molar-refractivity contribution in [1.29, 1.82) is 0 Å². The van der Waals surface area contributed by atoms with Crippen LogP contribution in [0.25, 0.3) is 10.2 Å². The molecule has 8 nitrogen and oxygen atoms in total. The first-order valence-electron chi connectivity index (χ1n) is 9.14. The zero-order valence-corrected chi connectivity index (χ0v) is 16.4. The summed E-state index contributed by atoms with van der Waals surface area (Å²) in [5, 5.41) is 3.29. The average molecular weight is 399 g/mol. The Morgan fingerprint density at radius 2 is 2.07 bits per heavy atom. The molecule has 3 aromatic rings. The number of hydrogen-bond donors (Lipinski definition) is 1. The van der Waals surface area contributed by atoms with Crippen molar-refractivity contribution in [3.05, 3.63) is 41.2 Å². The number of benzene rings is 1. The summed E-state index contributed by atoms with van der Waals surface area (Å²) in [7, 11) is 0.